The summed E-state index contributed by atoms with van der Waals surface area (Å²) in [6, 6.07) is 8.16. The van der Waals surface area contributed by atoms with Crippen LogP contribution in [0.15, 0.2) is 30.5 Å². The Kier molecular flexibility index (Phi) is 4.74. The van der Waals surface area contributed by atoms with Crippen LogP contribution < -0.4 is 10.2 Å². The quantitative estimate of drug-likeness (QED) is 0.943. The van der Waals surface area contributed by atoms with Gasteiger partial charge >= 0.3 is 0 Å². The zero-order chi connectivity index (χ0) is 16.2. The van der Waals surface area contributed by atoms with E-state index in [4.69, 9.17) is 4.98 Å². The Balaban J connectivity index is 1.62. The average molecular weight is 312 g/mol. The van der Waals surface area contributed by atoms with E-state index in [2.05, 4.69) is 29.0 Å². The van der Waals surface area contributed by atoms with Crippen LogP contribution in [0.5, 0.6) is 0 Å². The highest BCUT2D eigenvalue weighted by Crippen LogP contribution is 2.23. The van der Waals surface area contributed by atoms with Crippen LogP contribution >= 0.6 is 0 Å². The lowest BCUT2D eigenvalue weighted by Crippen LogP contribution is -2.43. The van der Waals surface area contributed by atoms with E-state index < -0.39 is 0 Å². The molecule has 1 aromatic carbocycles. The molecule has 0 bridgehead atoms. The monoisotopic (exact) mass is 312 g/mol. The van der Waals surface area contributed by atoms with E-state index in [1.54, 1.807) is 0 Å². The Morgan fingerprint density at radius 2 is 2.00 bits per heavy atom. The highest BCUT2D eigenvalue weighted by Gasteiger charge is 2.26. The predicted molar refractivity (Wildman–Crippen MR) is 92.4 cm³/mol. The number of aromatic nitrogens is 2. The van der Waals surface area contributed by atoms with Gasteiger partial charge in [0.25, 0.3) is 0 Å². The number of para-hydroxylation sites is 2. The molecule has 2 aromatic rings. The molecule has 5 heteroatoms. The number of nitrogens with zero attached hydrogens (tertiary/aromatic N) is 3. The standard InChI is InChI=1S/C18H24N4O/c1-3-13(2)20-18(23)14-8-10-22(11-9-14)17-12-19-15-6-4-5-7-16(15)21-17/h4-7,12-14H,3,8-11H2,1-2H3,(H,20,23). The van der Waals surface area contributed by atoms with E-state index in [1.807, 2.05) is 30.5 Å². The maximum atomic E-state index is 12.2. The SMILES string of the molecule is CCC(C)NC(=O)C1CCN(c2cnc3ccccc3n2)CC1. The van der Waals surface area contributed by atoms with Crippen LogP contribution in [0.2, 0.25) is 0 Å². The number of carbonyl (C=O) groups excluding carboxylic acids is 1. The van der Waals surface area contributed by atoms with Crippen molar-refractivity contribution in [2.24, 2.45) is 5.92 Å². The molecule has 5 nitrogen and oxygen atoms in total. The molecule has 1 amide bonds. The predicted octanol–water partition coefficient (Wildman–Crippen LogP) is 2.76. The maximum Gasteiger partial charge on any atom is 0.223 e. The summed E-state index contributed by atoms with van der Waals surface area (Å²) >= 11 is 0. The minimum absolute atomic E-state index is 0.119. The van der Waals surface area contributed by atoms with Gasteiger partial charge in [-0.3, -0.25) is 9.78 Å². The fourth-order valence-corrected chi connectivity index (χ4v) is 2.93. The van der Waals surface area contributed by atoms with E-state index in [9.17, 15) is 4.79 Å². The highest BCUT2D eigenvalue weighted by molar-refractivity contribution is 5.79. The Morgan fingerprint density at radius 1 is 1.30 bits per heavy atom. The Bertz CT molecular complexity index is 680. The van der Waals surface area contributed by atoms with Gasteiger partial charge in [-0.05, 0) is 38.3 Å². The fourth-order valence-electron chi connectivity index (χ4n) is 2.93. The molecule has 122 valence electrons. The van der Waals surface area contributed by atoms with Gasteiger partial charge in [0, 0.05) is 25.0 Å². The molecular formula is C18H24N4O. The number of hydrogen-bond donors (Lipinski definition) is 1. The van der Waals surface area contributed by atoms with Crippen molar-refractivity contribution in [2.75, 3.05) is 18.0 Å². The van der Waals surface area contributed by atoms with Crippen LogP contribution in [0.1, 0.15) is 33.1 Å². The molecule has 1 aliphatic rings. The second kappa shape index (κ2) is 6.94. The summed E-state index contributed by atoms with van der Waals surface area (Å²) in [5.74, 6) is 1.22. The first-order valence-corrected chi connectivity index (χ1v) is 8.44. The number of anilines is 1. The minimum atomic E-state index is 0.119. The molecule has 0 radical (unpaired) electrons. The first-order chi connectivity index (χ1) is 11.2. The number of amides is 1. The third-order valence-electron chi connectivity index (χ3n) is 4.63. The van der Waals surface area contributed by atoms with Gasteiger partial charge in [-0.1, -0.05) is 19.1 Å². The summed E-state index contributed by atoms with van der Waals surface area (Å²) in [6.45, 7) is 5.85. The molecular weight excluding hydrogens is 288 g/mol. The van der Waals surface area contributed by atoms with E-state index in [0.29, 0.717) is 0 Å². The number of rotatable bonds is 4. The van der Waals surface area contributed by atoms with Gasteiger partial charge in [0.15, 0.2) is 0 Å². The topological polar surface area (TPSA) is 58.1 Å². The lowest BCUT2D eigenvalue weighted by atomic mass is 9.95. The normalized spacial score (nSPS) is 17.2. The van der Waals surface area contributed by atoms with Crippen LogP contribution in [0.3, 0.4) is 0 Å². The molecule has 1 aliphatic heterocycles. The zero-order valence-corrected chi connectivity index (χ0v) is 13.8. The molecule has 0 aliphatic carbocycles. The van der Waals surface area contributed by atoms with Crippen molar-refractivity contribution >= 4 is 22.8 Å². The Hall–Kier alpha value is -2.17. The molecule has 1 aromatic heterocycles. The van der Waals surface area contributed by atoms with E-state index in [0.717, 1.165) is 49.2 Å². The molecule has 23 heavy (non-hydrogen) atoms. The molecule has 1 unspecified atom stereocenters. The van der Waals surface area contributed by atoms with Crippen molar-refractivity contribution in [1.82, 2.24) is 15.3 Å². The van der Waals surface area contributed by atoms with Crippen molar-refractivity contribution in [3.05, 3.63) is 30.5 Å². The first-order valence-electron chi connectivity index (χ1n) is 8.44. The lowest BCUT2D eigenvalue weighted by molar-refractivity contribution is -0.126. The molecule has 0 saturated carbocycles. The van der Waals surface area contributed by atoms with Crippen molar-refractivity contribution in [2.45, 2.75) is 39.2 Å². The molecule has 1 atom stereocenters. The van der Waals surface area contributed by atoms with Crippen molar-refractivity contribution < 1.29 is 4.79 Å². The number of fused-ring (bicyclic) bond motifs is 1. The van der Waals surface area contributed by atoms with Gasteiger partial charge in [0.1, 0.15) is 5.82 Å². The molecule has 2 heterocycles. The summed E-state index contributed by atoms with van der Waals surface area (Å²) in [7, 11) is 0. The van der Waals surface area contributed by atoms with Gasteiger partial charge in [0.05, 0.1) is 17.2 Å². The molecule has 1 saturated heterocycles. The molecule has 1 N–H and O–H groups in total. The summed E-state index contributed by atoms with van der Waals surface area (Å²) in [5.41, 5.74) is 1.83. The third-order valence-corrected chi connectivity index (χ3v) is 4.63. The molecule has 1 fully saturated rings. The van der Waals surface area contributed by atoms with E-state index in [-0.39, 0.29) is 17.9 Å². The van der Waals surface area contributed by atoms with Crippen molar-refractivity contribution in [3.8, 4) is 0 Å². The van der Waals surface area contributed by atoms with Crippen LogP contribution in [0.4, 0.5) is 5.82 Å². The Morgan fingerprint density at radius 3 is 2.70 bits per heavy atom. The zero-order valence-electron chi connectivity index (χ0n) is 13.8. The second-order valence-electron chi connectivity index (χ2n) is 6.30. The van der Waals surface area contributed by atoms with Gasteiger partial charge < -0.3 is 10.2 Å². The average Bonchev–Trinajstić information content (AvgIpc) is 2.61. The lowest BCUT2D eigenvalue weighted by Gasteiger charge is -2.32. The summed E-state index contributed by atoms with van der Waals surface area (Å²) < 4.78 is 0. The third kappa shape index (κ3) is 3.60. The van der Waals surface area contributed by atoms with Crippen LogP contribution in [-0.2, 0) is 4.79 Å². The first kappa shape index (κ1) is 15.7. The van der Waals surface area contributed by atoms with E-state index >= 15 is 0 Å². The number of nitrogens with one attached hydrogen (secondary N) is 1. The van der Waals surface area contributed by atoms with Crippen LogP contribution in [-0.4, -0.2) is 35.0 Å². The Labute approximate surface area is 137 Å². The van der Waals surface area contributed by atoms with Gasteiger partial charge in [-0.2, -0.15) is 0 Å². The summed E-state index contributed by atoms with van der Waals surface area (Å²) in [6.07, 6.45) is 4.55. The maximum absolute atomic E-state index is 12.2. The largest absolute Gasteiger partial charge is 0.355 e. The van der Waals surface area contributed by atoms with Gasteiger partial charge in [-0.25, -0.2) is 4.98 Å². The van der Waals surface area contributed by atoms with E-state index in [1.165, 1.54) is 0 Å². The summed E-state index contributed by atoms with van der Waals surface area (Å²) in [5, 5.41) is 3.09. The second-order valence-corrected chi connectivity index (χ2v) is 6.30. The van der Waals surface area contributed by atoms with Crippen molar-refractivity contribution in [1.29, 1.82) is 0 Å². The smallest absolute Gasteiger partial charge is 0.223 e. The number of benzene rings is 1. The number of carbonyl (C=O) groups is 1. The van der Waals surface area contributed by atoms with Crippen molar-refractivity contribution in [3.63, 3.8) is 0 Å². The molecule has 0 spiro atoms. The number of hydrogen-bond acceptors (Lipinski definition) is 4. The molecule has 3 rings (SSSR count). The highest BCUT2D eigenvalue weighted by atomic mass is 16.1. The summed E-state index contributed by atoms with van der Waals surface area (Å²) in [4.78, 5) is 23.6. The fraction of sp³-hybridized carbons (Fsp3) is 0.500. The van der Waals surface area contributed by atoms with Gasteiger partial charge in [-0.15, -0.1) is 0 Å². The number of piperidine rings is 1. The minimum Gasteiger partial charge on any atom is -0.355 e. The van der Waals surface area contributed by atoms with Crippen LogP contribution in [0.25, 0.3) is 11.0 Å². The van der Waals surface area contributed by atoms with Gasteiger partial charge in [0.2, 0.25) is 5.91 Å². The van der Waals surface area contributed by atoms with Crippen LogP contribution in [0, 0.1) is 5.92 Å².